The Kier molecular flexibility index (Phi) is 16.0. The van der Waals surface area contributed by atoms with Gasteiger partial charge in [0.15, 0.2) is 0 Å². The van der Waals surface area contributed by atoms with E-state index in [-0.39, 0.29) is 47.4 Å². The molecule has 1 heterocycles. The van der Waals surface area contributed by atoms with Crippen molar-refractivity contribution in [2.24, 2.45) is 23.7 Å². The Morgan fingerprint density at radius 2 is 0.865 bits per heavy atom. The molecule has 0 aliphatic carbocycles. The van der Waals surface area contributed by atoms with Crippen molar-refractivity contribution in [3.05, 3.63) is 0 Å². The van der Waals surface area contributed by atoms with Crippen LogP contribution in [0.3, 0.4) is 0 Å². The second kappa shape index (κ2) is 18.1. The van der Waals surface area contributed by atoms with E-state index in [0.717, 1.165) is 0 Å². The standard InChI is InChI=1S/C26H46N2O9/c1-19(17-21(3)25(31)33-5)23(29)27-7-11-35-12-8-28(10-14-37-16-15-36-13-9-27)24(30)20(2)18-22(4)26(32)34-6/h19-22H,7-18H2,1-6H3. The first kappa shape index (κ1) is 32.8. The highest BCUT2D eigenvalue weighted by atomic mass is 16.5. The summed E-state index contributed by atoms with van der Waals surface area (Å²) in [5.74, 6) is -2.30. The Labute approximate surface area is 221 Å². The van der Waals surface area contributed by atoms with Gasteiger partial charge in [-0.15, -0.1) is 0 Å². The first-order valence-corrected chi connectivity index (χ1v) is 13.1. The van der Waals surface area contributed by atoms with Crippen LogP contribution < -0.4 is 0 Å². The van der Waals surface area contributed by atoms with Crippen LogP contribution in [0.15, 0.2) is 0 Å². The van der Waals surface area contributed by atoms with Gasteiger partial charge in [-0.1, -0.05) is 27.7 Å². The minimum absolute atomic E-state index is 0.0751. The molecule has 0 aromatic carbocycles. The number of esters is 2. The fourth-order valence-corrected chi connectivity index (χ4v) is 4.27. The van der Waals surface area contributed by atoms with E-state index in [1.165, 1.54) is 14.2 Å². The molecule has 0 bridgehead atoms. The normalized spacial score (nSPS) is 19.9. The number of carbonyl (C=O) groups excluding carboxylic acids is 4. The van der Waals surface area contributed by atoms with Gasteiger partial charge in [0.1, 0.15) is 0 Å². The van der Waals surface area contributed by atoms with Crippen molar-refractivity contribution in [1.82, 2.24) is 9.80 Å². The van der Waals surface area contributed by atoms with Gasteiger partial charge >= 0.3 is 11.9 Å². The smallest absolute Gasteiger partial charge is 0.308 e. The lowest BCUT2D eigenvalue weighted by atomic mass is 9.96. The average molecular weight is 531 g/mol. The van der Waals surface area contributed by atoms with Gasteiger partial charge < -0.3 is 33.5 Å². The molecule has 2 amide bonds. The summed E-state index contributed by atoms with van der Waals surface area (Å²) in [5.41, 5.74) is 0. The summed E-state index contributed by atoms with van der Waals surface area (Å²) in [6, 6.07) is 0. The van der Waals surface area contributed by atoms with Crippen LogP contribution in [-0.4, -0.2) is 114 Å². The predicted molar refractivity (Wildman–Crippen MR) is 136 cm³/mol. The van der Waals surface area contributed by atoms with Gasteiger partial charge in [0.2, 0.25) is 11.8 Å². The molecule has 0 aromatic rings. The summed E-state index contributed by atoms with van der Waals surface area (Å²) >= 11 is 0. The number of ether oxygens (including phenoxy) is 5. The van der Waals surface area contributed by atoms with E-state index >= 15 is 0 Å². The maximum Gasteiger partial charge on any atom is 0.308 e. The minimum atomic E-state index is -0.376. The molecule has 11 nitrogen and oxygen atoms in total. The van der Waals surface area contributed by atoms with Crippen molar-refractivity contribution < 1.29 is 42.9 Å². The monoisotopic (exact) mass is 530 g/mol. The highest BCUT2D eigenvalue weighted by Crippen LogP contribution is 2.17. The molecule has 37 heavy (non-hydrogen) atoms. The van der Waals surface area contributed by atoms with E-state index in [2.05, 4.69) is 0 Å². The van der Waals surface area contributed by atoms with Gasteiger partial charge in [-0.05, 0) is 12.8 Å². The van der Waals surface area contributed by atoms with E-state index in [4.69, 9.17) is 23.7 Å². The maximum atomic E-state index is 13.1. The van der Waals surface area contributed by atoms with E-state index < -0.39 is 0 Å². The van der Waals surface area contributed by atoms with Crippen molar-refractivity contribution in [1.29, 1.82) is 0 Å². The van der Waals surface area contributed by atoms with E-state index in [9.17, 15) is 19.2 Å². The predicted octanol–water partition coefficient (Wildman–Crippen LogP) is 1.38. The number of rotatable bonds is 8. The molecule has 1 fully saturated rings. The van der Waals surface area contributed by atoms with Crippen LogP contribution in [0.4, 0.5) is 0 Å². The van der Waals surface area contributed by atoms with Crippen molar-refractivity contribution in [3.8, 4) is 0 Å². The van der Waals surface area contributed by atoms with Gasteiger partial charge in [-0.25, -0.2) is 0 Å². The van der Waals surface area contributed by atoms with Crippen molar-refractivity contribution >= 4 is 23.8 Å². The van der Waals surface area contributed by atoms with Crippen LogP contribution in [0.5, 0.6) is 0 Å². The highest BCUT2D eigenvalue weighted by molar-refractivity contribution is 5.80. The third-order valence-corrected chi connectivity index (χ3v) is 6.48. The Morgan fingerprint density at radius 1 is 0.568 bits per heavy atom. The Morgan fingerprint density at radius 3 is 1.16 bits per heavy atom. The topological polar surface area (TPSA) is 121 Å². The zero-order valence-electron chi connectivity index (χ0n) is 23.4. The van der Waals surface area contributed by atoms with E-state index in [1.807, 2.05) is 0 Å². The summed E-state index contributed by atoms with van der Waals surface area (Å²) in [7, 11) is 2.68. The maximum absolute atomic E-state index is 13.1. The van der Waals surface area contributed by atoms with Crippen LogP contribution in [0.1, 0.15) is 40.5 Å². The van der Waals surface area contributed by atoms with Crippen LogP contribution in [0, 0.1) is 23.7 Å². The quantitative estimate of drug-likeness (QED) is 0.429. The summed E-state index contributed by atoms with van der Waals surface area (Å²) in [6.45, 7) is 10.7. The summed E-state index contributed by atoms with van der Waals surface area (Å²) < 4.78 is 26.6. The lowest BCUT2D eigenvalue weighted by Gasteiger charge is -2.27. The number of carbonyl (C=O) groups is 4. The van der Waals surface area contributed by atoms with Gasteiger partial charge in [0, 0.05) is 38.0 Å². The van der Waals surface area contributed by atoms with Crippen molar-refractivity contribution in [3.63, 3.8) is 0 Å². The fraction of sp³-hybridized carbons (Fsp3) is 0.846. The second-order valence-electron chi connectivity index (χ2n) is 9.61. The lowest BCUT2D eigenvalue weighted by molar-refractivity contribution is -0.147. The molecule has 0 saturated carbocycles. The van der Waals surface area contributed by atoms with Gasteiger partial charge in [0.05, 0.1) is 65.7 Å². The van der Waals surface area contributed by atoms with Gasteiger partial charge in [-0.3, -0.25) is 19.2 Å². The number of hydrogen-bond acceptors (Lipinski definition) is 9. The van der Waals surface area contributed by atoms with Crippen LogP contribution >= 0.6 is 0 Å². The third-order valence-electron chi connectivity index (χ3n) is 6.48. The van der Waals surface area contributed by atoms with Crippen LogP contribution in [0.25, 0.3) is 0 Å². The zero-order chi connectivity index (χ0) is 27.8. The Hall–Kier alpha value is -2.24. The number of methoxy groups -OCH3 is 2. The van der Waals surface area contributed by atoms with Crippen molar-refractivity contribution in [2.75, 3.05) is 80.0 Å². The molecule has 214 valence electrons. The SMILES string of the molecule is COC(=O)C(C)CC(C)C(=O)N1CCOCCOCCN(C(=O)C(C)CC(C)C(=O)OC)CCOCC1. The number of nitrogens with zero attached hydrogens (tertiary/aromatic N) is 2. The highest BCUT2D eigenvalue weighted by Gasteiger charge is 2.27. The molecular formula is C26H46N2O9. The average Bonchev–Trinajstić information content (AvgIpc) is 2.90. The largest absolute Gasteiger partial charge is 0.469 e. The van der Waals surface area contributed by atoms with Gasteiger partial charge in [-0.2, -0.15) is 0 Å². The van der Waals surface area contributed by atoms with Crippen LogP contribution in [0.2, 0.25) is 0 Å². The first-order chi connectivity index (χ1) is 17.6. The van der Waals surface area contributed by atoms with Gasteiger partial charge in [0.25, 0.3) is 0 Å². The van der Waals surface area contributed by atoms with E-state index in [1.54, 1.807) is 37.5 Å². The molecule has 4 unspecified atom stereocenters. The first-order valence-electron chi connectivity index (χ1n) is 13.1. The molecule has 1 rings (SSSR count). The minimum Gasteiger partial charge on any atom is -0.469 e. The Bertz CT molecular complexity index is 660. The molecule has 1 aliphatic rings. The lowest BCUT2D eigenvalue weighted by Crippen LogP contribution is -2.42. The molecule has 0 aromatic heterocycles. The third kappa shape index (κ3) is 12.2. The summed E-state index contributed by atoms with van der Waals surface area (Å²) in [5, 5.41) is 0. The molecule has 11 heteroatoms. The molecule has 4 atom stereocenters. The second-order valence-corrected chi connectivity index (χ2v) is 9.61. The molecular weight excluding hydrogens is 484 g/mol. The van der Waals surface area contributed by atoms with Crippen LogP contribution in [-0.2, 0) is 42.9 Å². The van der Waals surface area contributed by atoms with E-state index in [0.29, 0.717) is 78.7 Å². The molecule has 0 spiro atoms. The number of amides is 2. The summed E-state index contributed by atoms with van der Waals surface area (Å²) in [6.07, 6.45) is 0.781. The van der Waals surface area contributed by atoms with Crippen molar-refractivity contribution in [2.45, 2.75) is 40.5 Å². The Balaban J connectivity index is 2.72. The molecule has 1 aliphatic heterocycles. The fourth-order valence-electron chi connectivity index (χ4n) is 4.27. The molecule has 1 saturated heterocycles. The molecule has 0 radical (unpaired) electrons. The molecule has 0 N–H and O–H groups in total. The number of hydrogen-bond donors (Lipinski definition) is 0. The zero-order valence-corrected chi connectivity index (χ0v) is 23.4. The summed E-state index contributed by atoms with van der Waals surface area (Å²) in [4.78, 5) is 53.0.